The van der Waals surface area contributed by atoms with Crippen LogP contribution >= 0.6 is 0 Å². The molecule has 0 spiro atoms. The Morgan fingerprint density at radius 2 is 1.77 bits per heavy atom. The summed E-state index contributed by atoms with van der Waals surface area (Å²) in [5.41, 5.74) is 11.5. The molecular weight excluding hydrogens is 384 g/mol. The summed E-state index contributed by atoms with van der Waals surface area (Å²) in [6.07, 6.45) is 1.70. The van der Waals surface area contributed by atoms with Gasteiger partial charge in [0.05, 0.1) is 23.0 Å². The second-order valence-corrected chi connectivity index (χ2v) is 7.96. The summed E-state index contributed by atoms with van der Waals surface area (Å²) in [6.45, 7) is 10.2. The van der Waals surface area contributed by atoms with Gasteiger partial charge >= 0.3 is 0 Å². The largest absolute Gasteiger partial charge is 0.318 e. The second-order valence-electron chi connectivity index (χ2n) is 7.96. The first-order chi connectivity index (χ1) is 14.8. The number of pyridine rings is 1. The third-order valence-corrected chi connectivity index (χ3v) is 5.59. The van der Waals surface area contributed by atoms with Crippen molar-refractivity contribution in [2.45, 2.75) is 34.6 Å². The predicted octanol–water partition coefficient (Wildman–Crippen LogP) is 5.33. The normalized spacial score (nSPS) is 11.4. The van der Waals surface area contributed by atoms with Gasteiger partial charge in [0, 0.05) is 28.0 Å². The Morgan fingerprint density at radius 1 is 1.00 bits per heavy atom. The van der Waals surface area contributed by atoms with E-state index in [9.17, 15) is 4.79 Å². The van der Waals surface area contributed by atoms with Crippen LogP contribution in [0.3, 0.4) is 0 Å². The molecule has 31 heavy (non-hydrogen) atoms. The lowest BCUT2D eigenvalue weighted by atomic mass is 10.1. The van der Waals surface area contributed by atoms with Gasteiger partial charge in [0.2, 0.25) is 0 Å². The van der Waals surface area contributed by atoms with Crippen LogP contribution in [0, 0.1) is 34.6 Å². The molecule has 2 heterocycles. The Bertz CT molecular complexity index is 1330. The number of hydrazone groups is 1. The van der Waals surface area contributed by atoms with Crippen molar-refractivity contribution in [2.24, 2.45) is 5.10 Å². The van der Waals surface area contributed by atoms with Crippen LogP contribution in [0.25, 0.3) is 16.6 Å². The zero-order valence-electron chi connectivity index (χ0n) is 18.5. The van der Waals surface area contributed by atoms with Crippen molar-refractivity contribution in [3.05, 3.63) is 93.9 Å². The smallest absolute Gasteiger partial charge is 0.273 e. The van der Waals surface area contributed by atoms with Gasteiger partial charge in [-0.1, -0.05) is 35.9 Å². The molecule has 0 unspecified atom stereocenters. The van der Waals surface area contributed by atoms with Crippen molar-refractivity contribution in [2.75, 3.05) is 0 Å². The quantitative estimate of drug-likeness (QED) is 0.365. The highest BCUT2D eigenvalue weighted by atomic mass is 16.2. The van der Waals surface area contributed by atoms with Gasteiger partial charge in [-0.15, -0.1) is 0 Å². The number of aromatic nitrogens is 2. The minimum atomic E-state index is -0.268. The fraction of sp³-hybridized carbons (Fsp3) is 0.192. The number of carbonyl (C=O) groups is 1. The second kappa shape index (κ2) is 8.19. The van der Waals surface area contributed by atoms with E-state index in [1.54, 1.807) is 6.21 Å². The summed E-state index contributed by atoms with van der Waals surface area (Å²) in [7, 11) is 0. The first-order valence-electron chi connectivity index (χ1n) is 10.3. The Hall–Kier alpha value is -3.73. The number of amides is 1. The summed E-state index contributed by atoms with van der Waals surface area (Å²) in [5.74, 6) is -0.268. The number of carbonyl (C=O) groups excluding carboxylic acids is 1. The number of aryl methyl sites for hydroxylation is 4. The molecule has 0 aliphatic carbocycles. The van der Waals surface area contributed by atoms with Crippen molar-refractivity contribution in [3.8, 4) is 5.69 Å². The van der Waals surface area contributed by atoms with E-state index in [4.69, 9.17) is 0 Å². The van der Waals surface area contributed by atoms with E-state index in [2.05, 4.69) is 72.0 Å². The molecule has 0 radical (unpaired) electrons. The molecule has 1 N–H and O–H groups in total. The van der Waals surface area contributed by atoms with E-state index in [1.807, 2.05) is 37.3 Å². The molecule has 1 amide bonds. The fourth-order valence-corrected chi connectivity index (χ4v) is 4.01. The topological polar surface area (TPSA) is 59.3 Å². The molecule has 0 saturated carbocycles. The van der Waals surface area contributed by atoms with Crippen LogP contribution in [0.15, 0.2) is 59.7 Å². The van der Waals surface area contributed by atoms with Crippen LogP contribution in [0.2, 0.25) is 0 Å². The number of hydrogen-bond donors (Lipinski definition) is 1. The fourth-order valence-electron chi connectivity index (χ4n) is 4.01. The lowest BCUT2D eigenvalue weighted by Crippen LogP contribution is -2.19. The maximum absolute atomic E-state index is 12.7. The van der Waals surface area contributed by atoms with Gasteiger partial charge in [0.1, 0.15) is 0 Å². The van der Waals surface area contributed by atoms with Gasteiger partial charge in [0.15, 0.2) is 0 Å². The standard InChI is InChI=1S/C26H26N4O/c1-16-10-11-25(17(2)12-16)30-18(3)13-22(20(30)5)15-27-29-26(31)23-14-21-8-6-7-9-24(21)28-19(23)4/h6-15H,1-5H3,(H,29,31). The van der Waals surface area contributed by atoms with Crippen LogP contribution < -0.4 is 5.43 Å². The lowest BCUT2D eigenvalue weighted by Gasteiger charge is -2.13. The van der Waals surface area contributed by atoms with Crippen LogP contribution in [0.4, 0.5) is 0 Å². The SMILES string of the molecule is Cc1ccc(-n2c(C)cc(C=NNC(=O)c3cc4ccccc4nc3C)c2C)c(C)c1. The highest BCUT2D eigenvalue weighted by Crippen LogP contribution is 2.23. The van der Waals surface area contributed by atoms with Crippen molar-refractivity contribution in [1.29, 1.82) is 0 Å². The monoisotopic (exact) mass is 410 g/mol. The maximum Gasteiger partial charge on any atom is 0.273 e. The maximum atomic E-state index is 12.7. The molecule has 156 valence electrons. The predicted molar refractivity (Wildman–Crippen MR) is 126 cm³/mol. The molecule has 5 nitrogen and oxygen atoms in total. The Balaban J connectivity index is 1.57. The first kappa shape index (κ1) is 20.5. The number of nitrogens with one attached hydrogen (secondary N) is 1. The molecule has 4 aromatic rings. The molecule has 2 aromatic heterocycles. The Morgan fingerprint density at radius 3 is 2.55 bits per heavy atom. The molecule has 5 heteroatoms. The van der Waals surface area contributed by atoms with E-state index in [1.165, 1.54) is 11.1 Å². The summed E-state index contributed by atoms with van der Waals surface area (Å²) in [5, 5.41) is 5.15. The number of fused-ring (bicyclic) bond motifs is 1. The first-order valence-corrected chi connectivity index (χ1v) is 10.3. The van der Waals surface area contributed by atoms with Crippen LogP contribution in [-0.2, 0) is 0 Å². The highest BCUT2D eigenvalue weighted by molar-refractivity contribution is 5.99. The summed E-state index contributed by atoms with van der Waals surface area (Å²) in [4.78, 5) is 17.2. The molecule has 0 bridgehead atoms. The molecule has 0 fully saturated rings. The zero-order chi connectivity index (χ0) is 22.1. The number of para-hydroxylation sites is 1. The van der Waals surface area contributed by atoms with Gasteiger partial charge in [0.25, 0.3) is 5.91 Å². The van der Waals surface area contributed by atoms with Crippen LogP contribution in [-0.4, -0.2) is 21.7 Å². The van der Waals surface area contributed by atoms with Gasteiger partial charge in [-0.25, -0.2) is 5.43 Å². The van der Waals surface area contributed by atoms with E-state index in [0.717, 1.165) is 33.5 Å². The number of hydrogen-bond acceptors (Lipinski definition) is 3. The molecule has 0 saturated heterocycles. The van der Waals surface area contributed by atoms with Gasteiger partial charge in [-0.2, -0.15) is 5.10 Å². The molecule has 0 aliphatic rings. The summed E-state index contributed by atoms with van der Waals surface area (Å²) >= 11 is 0. The van der Waals surface area contributed by atoms with Crippen molar-refractivity contribution in [1.82, 2.24) is 15.0 Å². The van der Waals surface area contributed by atoms with E-state index >= 15 is 0 Å². The molecular formula is C26H26N4O. The highest BCUT2D eigenvalue weighted by Gasteiger charge is 2.13. The Kier molecular flexibility index (Phi) is 5.42. The van der Waals surface area contributed by atoms with Crippen LogP contribution in [0.1, 0.15) is 44.1 Å². The average molecular weight is 411 g/mol. The van der Waals surface area contributed by atoms with E-state index in [0.29, 0.717) is 11.3 Å². The third-order valence-electron chi connectivity index (χ3n) is 5.59. The van der Waals surface area contributed by atoms with Crippen molar-refractivity contribution < 1.29 is 4.79 Å². The molecule has 4 rings (SSSR count). The molecule has 2 aromatic carbocycles. The van der Waals surface area contributed by atoms with E-state index in [-0.39, 0.29) is 5.91 Å². The minimum absolute atomic E-state index is 0.268. The lowest BCUT2D eigenvalue weighted by molar-refractivity contribution is 0.0954. The summed E-state index contributed by atoms with van der Waals surface area (Å²) in [6, 6.07) is 18.1. The molecule has 0 atom stereocenters. The van der Waals surface area contributed by atoms with Gasteiger partial charge < -0.3 is 4.57 Å². The van der Waals surface area contributed by atoms with Crippen molar-refractivity contribution in [3.63, 3.8) is 0 Å². The van der Waals surface area contributed by atoms with Gasteiger partial charge in [-0.05, 0) is 64.4 Å². The van der Waals surface area contributed by atoms with Crippen LogP contribution in [0.5, 0.6) is 0 Å². The molecule has 0 aliphatic heterocycles. The summed E-state index contributed by atoms with van der Waals surface area (Å²) < 4.78 is 2.22. The van der Waals surface area contributed by atoms with Crippen molar-refractivity contribution >= 4 is 23.0 Å². The number of benzene rings is 2. The average Bonchev–Trinajstić information content (AvgIpc) is 3.01. The third kappa shape index (κ3) is 3.99. The minimum Gasteiger partial charge on any atom is -0.318 e. The van der Waals surface area contributed by atoms with Gasteiger partial charge in [-0.3, -0.25) is 9.78 Å². The van der Waals surface area contributed by atoms with E-state index < -0.39 is 0 Å². The zero-order valence-corrected chi connectivity index (χ0v) is 18.5. The number of nitrogens with zero attached hydrogens (tertiary/aromatic N) is 3. The Labute approximate surface area is 182 Å². The number of rotatable bonds is 4.